The zero-order chi connectivity index (χ0) is 20.8. The van der Waals surface area contributed by atoms with E-state index in [0.29, 0.717) is 6.61 Å². The summed E-state index contributed by atoms with van der Waals surface area (Å²) in [5.41, 5.74) is 4.67. The van der Waals surface area contributed by atoms with Crippen molar-refractivity contribution in [2.24, 2.45) is 0 Å². The van der Waals surface area contributed by atoms with Gasteiger partial charge in [0.1, 0.15) is 0 Å². The molecule has 162 valence electrons. The van der Waals surface area contributed by atoms with Gasteiger partial charge in [0, 0.05) is 0 Å². The first-order valence-corrected chi connectivity index (χ1v) is 12.4. The van der Waals surface area contributed by atoms with Crippen LogP contribution in [0.1, 0.15) is 108 Å². The Morgan fingerprint density at radius 1 is 0.786 bits per heavy atom. The second-order valence-electron chi connectivity index (χ2n) is 9.14. The number of aryl methyl sites for hydroxylation is 2. The monoisotopic (exact) mass is 410 g/mol. The van der Waals surface area contributed by atoms with Crippen molar-refractivity contribution in [2.75, 3.05) is 6.61 Å². The molecule has 2 N–H and O–H groups in total. The topological polar surface area (TPSA) is 49.7 Å². The Kier molecular flexibility index (Phi) is 13.2. The summed E-state index contributed by atoms with van der Waals surface area (Å²) in [5.74, 6) is 0. The molecule has 0 fully saturated rings. The second kappa shape index (κ2) is 14.5. The average molecular weight is 411 g/mol. The number of unbranched alkanes of at least 4 members (excludes halogenated alkanes) is 10. The minimum atomic E-state index is -2.16. The molecule has 4 heteroatoms. The molecule has 28 heavy (non-hydrogen) atoms. The minimum Gasteiger partial charge on any atom is -0.328 e. The first kappa shape index (κ1) is 25.6. The molecule has 0 aliphatic heterocycles. The molecule has 1 aromatic carbocycles. The Morgan fingerprint density at radius 3 is 1.79 bits per heavy atom. The molecular formula is C24H43O3P. The summed E-state index contributed by atoms with van der Waals surface area (Å²) in [7, 11) is -2.16. The zero-order valence-corrected chi connectivity index (χ0v) is 19.6. The van der Waals surface area contributed by atoms with E-state index in [1.165, 1.54) is 75.3 Å². The van der Waals surface area contributed by atoms with Crippen molar-refractivity contribution in [1.82, 2.24) is 0 Å². The van der Waals surface area contributed by atoms with Crippen LogP contribution in [-0.4, -0.2) is 16.4 Å². The molecule has 0 spiro atoms. The van der Waals surface area contributed by atoms with E-state index in [-0.39, 0.29) is 5.41 Å². The van der Waals surface area contributed by atoms with Crippen molar-refractivity contribution in [3.63, 3.8) is 0 Å². The number of rotatable bonds is 15. The molecule has 0 bridgehead atoms. The van der Waals surface area contributed by atoms with E-state index in [4.69, 9.17) is 14.3 Å². The lowest BCUT2D eigenvalue weighted by atomic mass is 9.82. The van der Waals surface area contributed by atoms with Crippen LogP contribution in [0.25, 0.3) is 0 Å². The maximum atomic E-state index is 8.64. The van der Waals surface area contributed by atoms with Crippen LogP contribution in [0, 0.1) is 6.92 Å². The summed E-state index contributed by atoms with van der Waals surface area (Å²) in [5, 5.41) is 0. The predicted molar refractivity (Wildman–Crippen MR) is 122 cm³/mol. The van der Waals surface area contributed by atoms with E-state index in [1.54, 1.807) is 5.56 Å². The molecule has 1 rings (SSSR count). The maximum Gasteiger partial charge on any atom is 0.327 e. The summed E-state index contributed by atoms with van der Waals surface area (Å²) < 4.78 is 4.77. The third-order valence-electron chi connectivity index (χ3n) is 5.37. The third-order valence-corrected chi connectivity index (χ3v) is 5.78. The van der Waals surface area contributed by atoms with Crippen LogP contribution in [0.3, 0.4) is 0 Å². The van der Waals surface area contributed by atoms with Gasteiger partial charge < -0.3 is 14.3 Å². The fourth-order valence-electron chi connectivity index (χ4n) is 3.82. The van der Waals surface area contributed by atoms with Gasteiger partial charge in [0.15, 0.2) is 0 Å². The Bertz CT molecular complexity index is 523. The fourth-order valence-corrected chi connectivity index (χ4v) is 4.11. The summed E-state index contributed by atoms with van der Waals surface area (Å²) in [6, 6.07) is 6.96. The van der Waals surface area contributed by atoms with E-state index in [2.05, 4.69) is 45.9 Å². The lowest BCUT2D eigenvalue weighted by Crippen LogP contribution is -2.14. The molecule has 1 aromatic rings. The summed E-state index contributed by atoms with van der Waals surface area (Å²) in [6.45, 7) is 9.61. The first-order chi connectivity index (χ1) is 13.3. The molecule has 0 atom stereocenters. The predicted octanol–water partition coefficient (Wildman–Crippen LogP) is 7.35. The van der Waals surface area contributed by atoms with E-state index in [9.17, 15) is 0 Å². The first-order valence-electron chi connectivity index (χ1n) is 11.2. The van der Waals surface area contributed by atoms with Crippen molar-refractivity contribution < 1.29 is 14.3 Å². The van der Waals surface area contributed by atoms with Crippen molar-refractivity contribution in [1.29, 1.82) is 0 Å². The maximum absolute atomic E-state index is 8.64. The van der Waals surface area contributed by atoms with Crippen LogP contribution < -0.4 is 0 Å². The largest absolute Gasteiger partial charge is 0.328 e. The Labute approximate surface area is 174 Å². The van der Waals surface area contributed by atoms with E-state index < -0.39 is 8.60 Å². The van der Waals surface area contributed by atoms with E-state index in [1.807, 2.05) is 0 Å². The second-order valence-corrected chi connectivity index (χ2v) is 9.90. The molecule has 0 aliphatic rings. The van der Waals surface area contributed by atoms with Crippen molar-refractivity contribution in [2.45, 2.75) is 110 Å². The highest BCUT2D eigenvalue weighted by Crippen LogP contribution is 2.28. The van der Waals surface area contributed by atoms with Crippen LogP contribution in [0.15, 0.2) is 18.2 Å². The van der Waals surface area contributed by atoms with Crippen LogP contribution in [0.5, 0.6) is 0 Å². The molecule has 0 heterocycles. The number of benzene rings is 1. The number of hydrogen-bond acceptors (Lipinski definition) is 3. The van der Waals surface area contributed by atoms with Gasteiger partial charge in [-0.2, -0.15) is 0 Å². The van der Waals surface area contributed by atoms with Crippen molar-refractivity contribution >= 4 is 8.60 Å². The van der Waals surface area contributed by atoms with Gasteiger partial charge in [0.25, 0.3) is 0 Å². The summed E-state index contributed by atoms with van der Waals surface area (Å²) in [6.07, 6.45) is 15.2. The van der Waals surface area contributed by atoms with Crippen LogP contribution in [0.4, 0.5) is 0 Å². The Hall–Kier alpha value is -0.470. The highest BCUT2D eigenvalue weighted by Gasteiger charge is 2.17. The van der Waals surface area contributed by atoms with Gasteiger partial charge in [-0.3, -0.25) is 0 Å². The van der Waals surface area contributed by atoms with Gasteiger partial charge in [-0.1, -0.05) is 102 Å². The Morgan fingerprint density at radius 2 is 1.29 bits per heavy atom. The van der Waals surface area contributed by atoms with E-state index >= 15 is 0 Å². The molecule has 0 radical (unpaired) electrons. The molecule has 3 nitrogen and oxygen atoms in total. The molecular weight excluding hydrogens is 367 g/mol. The summed E-state index contributed by atoms with van der Waals surface area (Å²) in [4.78, 5) is 17.3. The third kappa shape index (κ3) is 12.2. The zero-order valence-electron chi connectivity index (χ0n) is 18.7. The minimum absolute atomic E-state index is 0.233. The lowest BCUT2D eigenvalue weighted by Gasteiger charge is -2.23. The van der Waals surface area contributed by atoms with Crippen LogP contribution in [-0.2, 0) is 16.4 Å². The smallest absolute Gasteiger partial charge is 0.327 e. The van der Waals surface area contributed by atoms with Gasteiger partial charge in [0.2, 0.25) is 0 Å². The average Bonchev–Trinajstić information content (AvgIpc) is 2.60. The van der Waals surface area contributed by atoms with Gasteiger partial charge in [-0.25, -0.2) is 0 Å². The molecule has 0 saturated carbocycles. The lowest BCUT2D eigenvalue weighted by molar-refractivity contribution is 0.248. The quantitative estimate of drug-likeness (QED) is 0.235. The van der Waals surface area contributed by atoms with Crippen molar-refractivity contribution in [3.05, 3.63) is 34.9 Å². The highest BCUT2D eigenvalue weighted by molar-refractivity contribution is 7.39. The van der Waals surface area contributed by atoms with E-state index in [0.717, 1.165) is 12.8 Å². The van der Waals surface area contributed by atoms with Crippen LogP contribution in [0.2, 0.25) is 0 Å². The molecule has 0 aromatic heterocycles. The van der Waals surface area contributed by atoms with Gasteiger partial charge >= 0.3 is 8.60 Å². The molecule has 0 unspecified atom stereocenters. The van der Waals surface area contributed by atoms with Gasteiger partial charge in [-0.05, 0) is 42.7 Å². The van der Waals surface area contributed by atoms with Gasteiger partial charge in [0.05, 0.1) is 6.61 Å². The van der Waals surface area contributed by atoms with Crippen LogP contribution >= 0.6 is 8.60 Å². The normalized spacial score (nSPS) is 12.1. The standard InChI is InChI=1S/C24H43O3P/c1-21-17-18-23(24(2,3)4)22(20-21)16-14-12-10-8-6-5-7-9-11-13-15-19-27-28(25)26/h17-18,20,25-26H,5-16,19H2,1-4H3. The molecule has 0 amide bonds. The summed E-state index contributed by atoms with van der Waals surface area (Å²) >= 11 is 0. The highest BCUT2D eigenvalue weighted by atomic mass is 31.2. The molecule has 0 saturated heterocycles. The molecule has 0 aliphatic carbocycles. The number of hydrogen-bond donors (Lipinski definition) is 2. The van der Waals surface area contributed by atoms with Gasteiger partial charge in [-0.15, -0.1) is 0 Å². The Balaban J connectivity index is 2.01. The fraction of sp³-hybridized carbons (Fsp3) is 0.750. The van der Waals surface area contributed by atoms with Crippen molar-refractivity contribution in [3.8, 4) is 0 Å². The SMILES string of the molecule is Cc1ccc(C(C)(C)C)c(CCCCCCCCCCCCCOP(O)O)c1.